The lowest BCUT2D eigenvalue weighted by Crippen LogP contribution is -2.29. The minimum Gasteiger partial charge on any atom is -0.496 e. The summed E-state index contributed by atoms with van der Waals surface area (Å²) in [4.78, 5) is 17.7. The molecule has 0 aliphatic heterocycles. The number of para-hydroxylation sites is 3. The molecule has 0 spiro atoms. The van der Waals surface area contributed by atoms with E-state index in [4.69, 9.17) is 14.5 Å². The second kappa shape index (κ2) is 10.2. The van der Waals surface area contributed by atoms with Gasteiger partial charge in [0.05, 0.1) is 36.3 Å². The molecule has 1 aromatic heterocycles. The van der Waals surface area contributed by atoms with Gasteiger partial charge in [0.15, 0.2) is 0 Å². The molecule has 6 nitrogen and oxygen atoms in total. The van der Waals surface area contributed by atoms with Crippen LogP contribution in [0.2, 0.25) is 0 Å². The minimum absolute atomic E-state index is 0.203. The van der Waals surface area contributed by atoms with E-state index in [0.29, 0.717) is 24.5 Å². The number of aromatic nitrogens is 2. The zero-order chi connectivity index (χ0) is 23.2. The number of benzene rings is 3. The maximum Gasteiger partial charge on any atom is 0.255 e. The second-order valence-corrected chi connectivity index (χ2v) is 7.85. The van der Waals surface area contributed by atoms with E-state index in [-0.39, 0.29) is 11.9 Å². The van der Waals surface area contributed by atoms with Crippen molar-refractivity contribution in [1.29, 1.82) is 0 Å². The third-order valence-corrected chi connectivity index (χ3v) is 5.69. The van der Waals surface area contributed by atoms with Gasteiger partial charge in [0, 0.05) is 0 Å². The Morgan fingerprint density at radius 2 is 1.76 bits per heavy atom. The number of hydrogen-bond acceptors (Lipinski definition) is 4. The van der Waals surface area contributed by atoms with E-state index < -0.39 is 0 Å². The molecule has 0 aliphatic carbocycles. The quantitative estimate of drug-likeness (QED) is 0.387. The van der Waals surface area contributed by atoms with Crippen LogP contribution in [0.3, 0.4) is 0 Å². The highest BCUT2D eigenvalue weighted by Gasteiger charge is 2.20. The highest BCUT2D eigenvalue weighted by molar-refractivity contribution is 5.97. The van der Waals surface area contributed by atoms with Gasteiger partial charge in [-0.05, 0) is 55.3 Å². The summed E-state index contributed by atoms with van der Waals surface area (Å²) in [5.41, 5.74) is 3.67. The van der Waals surface area contributed by atoms with Crippen LogP contribution in [0.15, 0.2) is 72.8 Å². The number of nitrogens with zero attached hydrogens (tertiary/aromatic N) is 2. The molecule has 0 radical (unpaired) electrons. The molecule has 1 heterocycles. The summed E-state index contributed by atoms with van der Waals surface area (Å²) >= 11 is 0. The Bertz CT molecular complexity index is 1230. The summed E-state index contributed by atoms with van der Waals surface area (Å²) in [7, 11) is 1.56. The number of ether oxygens (including phenoxy) is 2. The van der Waals surface area contributed by atoms with Gasteiger partial charge >= 0.3 is 0 Å². The molecule has 0 fully saturated rings. The van der Waals surface area contributed by atoms with E-state index in [1.54, 1.807) is 19.2 Å². The molecule has 0 saturated heterocycles. The highest BCUT2D eigenvalue weighted by atomic mass is 16.5. The molecule has 1 unspecified atom stereocenters. The first-order chi connectivity index (χ1) is 16.1. The van der Waals surface area contributed by atoms with Gasteiger partial charge < -0.3 is 19.4 Å². The number of carbonyl (C=O) groups excluding carboxylic acids is 1. The first kappa shape index (κ1) is 22.4. The standard InChI is InChI=1S/C27H29N3O3/c1-4-20-13-15-21(16-14-20)33-18-17-30-24-11-7-6-10-23(24)29-26(30)19(2)28-27(31)22-9-5-8-12-25(22)32-3/h5-16,19H,4,17-18H2,1-3H3,(H,28,31). The van der Waals surface area contributed by atoms with Gasteiger partial charge in [-0.15, -0.1) is 0 Å². The first-order valence-corrected chi connectivity index (χ1v) is 11.2. The van der Waals surface area contributed by atoms with Crippen LogP contribution in [0, 0.1) is 0 Å². The zero-order valence-electron chi connectivity index (χ0n) is 19.2. The van der Waals surface area contributed by atoms with Crippen LogP contribution in [0.1, 0.15) is 41.6 Å². The van der Waals surface area contributed by atoms with Gasteiger partial charge in [-0.1, -0.05) is 43.3 Å². The summed E-state index contributed by atoms with van der Waals surface area (Å²) in [6, 6.07) is 23.0. The fourth-order valence-electron chi connectivity index (χ4n) is 3.91. The molecule has 170 valence electrons. The molecule has 1 N–H and O–H groups in total. The van der Waals surface area contributed by atoms with Crippen molar-refractivity contribution in [3.63, 3.8) is 0 Å². The molecular weight excluding hydrogens is 414 g/mol. The Hall–Kier alpha value is -3.80. The summed E-state index contributed by atoms with van der Waals surface area (Å²) in [5, 5.41) is 3.07. The van der Waals surface area contributed by atoms with Crippen molar-refractivity contribution in [2.75, 3.05) is 13.7 Å². The molecule has 3 aromatic carbocycles. The van der Waals surface area contributed by atoms with E-state index in [0.717, 1.165) is 29.0 Å². The van der Waals surface area contributed by atoms with Crippen LogP contribution in [0.25, 0.3) is 11.0 Å². The number of aryl methyl sites for hydroxylation is 1. The van der Waals surface area contributed by atoms with E-state index in [9.17, 15) is 4.79 Å². The number of methoxy groups -OCH3 is 1. The lowest BCUT2D eigenvalue weighted by atomic mass is 10.1. The summed E-state index contributed by atoms with van der Waals surface area (Å²) in [5.74, 6) is 1.96. The largest absolute Gasteiger partial charge is 0.496 e. The normalized spacial score (nSPS) is 11.8. The van der Waals surface area contributed by atoms with Gasteiger partial charge in [-0.2, -0.15) is 0 Å². The van der Waals surface area contributed by atoms with Crippen LogP contribution in [0.5, 0.6) is 11.5 Å². The van der Waals surface area contributed by atoms with Crippen LogP contribution >= 0.6 is 0 Å². The Morgan fingerprint density at radius 3 is 2.52 bits per heavy atom. The Labute approximate surface area is 194 Å². The van der Waals surface area contributed by atoms with Crippen molar-refractivity contribution in [2.24, 2.45) is 0 Å². The number of rotatable bonds is 9. The van der Waals surface area contributed by atoms with Crippen molar-refractivity contribution < 1.29 is 14.3 Å². The minimum atomic E-state index is -0.307. The topological polar surface area (TPSA) is 65.4 Å². The lowest BCUT2D eigenvalue weighted by Gasteiger charge is -2.17. The molecule has 1 atom stereocenters. The molecule has 1 amide bonds. The van der Waals surface area contributed by atoms with Gasteiger partial charge in [0.25, 0.3) is 5.91 Å². The van der Waals surface area contributed by atoms with Crippen LogP contribution < -0.4 is 14.8 Å². The van der Waals surface area contributed by atoms with Crippen LogP contribution in [-0.2, 0) is 13.0 Å². The van der Waals surface area contributed by atoms with E-state index in [1.807, 2.05) is 55.5 Å². The smallest absolute Gasteiger partial charge is 0.255 e. The number of imidazole rings is 1. The number of carbonyl (C=O) groups is 1. The zero-order valence-corrected chi connectivity index (χ0v) is 19.2. The Balaban J connectivity index is 1.53. The average Bonchev–Trinajstić information content (AvgIpc) is 3.23. The van der Waals surface area contributed by atoms with Gasteiger partial charge in [-0.25, -0.2) is 4.98 Å². The first-order valence-electron chi connectivity index (χ1n) is 11.2. The van der Waals surface area contributed by atoms with Crippen molar-refractivity contribution in [3.05, 3.63) is 89.7 Å². The predicted octanol–water partition coefficient (Wildman–Crippen LogP) is 5.18. The van der Waals surface area contributed by atoms with E-state index in [1.165, 1.54) is 5.56 Å². The third-order valence-electron chi connectivity index (χ3n) is 5.69. The highest BCUT2D eigenvalue weighted by Crippen LogP contribution is 2.23. The number of fused-ring (bicyclic) bond motifs is 1. The monoisotopic (exact) mass is 443 g/mol. The van der Waals surface area contributed by atoms with E-state index >= 15 is 0 Å². The summed E-state index contributed by atoms with van der Waals surface area (Å²) < 4.78 is 13.4. The Morgan fingerprint density at radius 1 is 1.03 bits per heavy atom. The fraction of sp³-hybridized carbons (Fsp3) is 0.259. The number of hydrogen-bond donors (Lipinski definition) is 1. The average molecular weight is 444 g/mol. The predicted molar refractivity (Wildman–Crippen MR) is 130 cm³/mol. The lowest BCUT2D eigenvalue weighted by molar-refractivity contribution is 0.0934. The third kappa shape index (κ3) is 5.00. The van der Waals surface area contributed by atoms with E-state index in [2.05, 4.69) is 28.9 Å². The molecule has 4 rings (SSSR count). The van der Waals surface area contributed by atoms with Crippen LogP contribution in [-0.4, -0.2) is 29.2 Å². The summed E-state index contributed by atoms with van der Waals surface area (Å²) in [6.45, 7) is 5.18. The second-order valence-electron chi connectivity index (χ2n) is 7.85. The molecule has 33 heavy (non-hydrogen) atoms. The molecular formula is C27H29N3O3. The number of nitrogens with one attached hydrogen (secondary N) is 1. The molecule has 0 aliphatic rings. The molecule has 0 saturated carbocycles. The maximum atomic E-state index is 12.9. The molecule has 4 aromatic rings. The van der Waals surface area contributed by atoms with Crippen LogP contribution in [0.4, 0.5) is 0 Å². The van der Waals surface area contributed by atoms with Gasteiger partial charge in [0.2, 0.25) is 0 Å². The van der Waals surface area contributed by atoms with Crippen molar-refractivity contribution in [1.82, 2.24) is 14.9 Å². The SMILES string of the molecule is CCc1ccc(OCCn2c(C(C)NC(=O)c3ccccc3OC)nc3ccccc32)cc1. The number of amides is 1. The van der Waals surface area contributed by atoms with Gasteiger partial charge in [-0.3, -0.25) is 4.79 Å². The van der Waals surface area contributed by atoms with Gasteiger partial charge in [0.1, 0.15) is 23.9 Å². The van der Waals surface area contributed by atoms with Crippen molar-refractivity contribution in [2.45, 2.75) is 32.9 Å². The van der Waals surface area contributed by atoms with Crippen molar-refractivity contribution >= 4 is 16.9 Å². The fourth-order valence-corrected chi connectivity index (χ4v) is 3.91. The molecule has 0 bridgehead atoms. The maximum absolute atomic E-state index is 12.9. The summed E-state index contributed by atoms with van der Waals surface area (Å²) in [6.07, 6.45) is 1.00. The molecule has 6 heteroatoms. The van der Waals surface area contributed by atoms with Crippen molar-refractivity contribution in [3.8, 4) is 11.5 Å². The Kier molecular flexibility index (Phi) is 6.93.